The Morgan fingerprint density at radius 1 is 1.09 bits per heavy atom. The van der Waals surface area contributed by atoms with E-state index in [-0.39, 0.29) is 12.7 Å². The maximum atomic E-state index is 8.74. The van der Waals surface area contributed by atoms with E-state index in [1.807, 2.05) is 48.5 Å². The van der Waals surface area contributed by atoms with Crippen molar-refractivity contribution in [1.29, 1.82) is 5.26 Å². The molecule has 5 rings (SSSR count). The number of nitrogens with one attached hydrogen (secondary N) is 2. The van der Waals surface area contributed by atoms with Gasteiger partial charge in [-0.1, -0.05) is 30.3 Å². The van der Waals surface area contributed by atoms with E-state index in [1.165, 1.54) is 0 Å². The molecule has 1 saturated heterocycles. The van der Waals surface area contributed by atoms with Gasteiger partial charge < -0.3 is 19.8 Å². The van der Waals surface area contributed by atoms with Crippen LogP contribution in [-0.2, 0) is 4.74 Å². The third-order valence-corrected chi connectivity index (χ3v) is 5.62. The number of anilines is 1. The molecule has 4 aromatic rings. The molecular formula is C25H23N5O2. The molecule has 0 aliphatic carbocycles. The summed E-state index contributed by atoms with van der Waals surface area (Å²) in [5.41, 5.74) is 4.85. The van der Waals surface area contributed by atoms with Crippen molar-refractivity contribution in [2.75, 3.05) is 25.1 Å². The van der Waals surface area contributed by atoms with Crippen LogP contribution in [0.4, 0.5) is 5.82 Å². The SMILES string of the molecule is N#CCOc1ccc(-c2[nH]c3ncnc(NCC4CCCO4)c3c2-c2ccccc2)cc1. The molecule has 2 aromatic heterocycles. The van der Waals surface area contributed by atoms with Crippen molar-refractivity contribution in [2.45, 2.75) is 18.9 Å². The first-order valence-corrected chi connectivity index (χ1v) is 10.7. The molecule has 1 atom stereocenters. The van der Waals surface area contributed by atoms with Crippen molar-refractivity contribution in [1.82, 2.24) is 15.0 Å². The summed E-state index contributed by atoms with van der Waals surface area (Å²) < 4.78 is 11.2. The molecule has 1 fully saturated rings. The zero-order valence-electron chi connectivity index (χ0n) is 17.5. The topological polar surface area (TPSA) is 95.9 Å². The van der Waals surface area contributed by atoms with E-state index in [0.29, 0.717) is 12.3 Å². The highest BCUT2D eigenvalue weighted by Gasteiger charge is 2.21. The second-order valence-electron chi connectivity index (χ2n) is 7.67. The molecule has 0 spiro atoms. The summed E-state index contributed by atoms with van der Waals surface area (Å²) >= 11 is 0. The van der Waals surface area contributed by atoms with Crippen LogP contribution in [0.5, 0.6) is 5.75 Å². The molecule has 1 aliphatic rings. The number of aromatic nitrogens is 3. The van der Waals surface area contributed by atoms with Crippen LogP contribution in [-0.4, -0.2) is 40.8 Å². The number of aromatic amines is 1. The summed E-state index contributed by atoms with van der Waals surface area (Å²) in [5.74, 6) is 1.45. The minimum Gasteiger partial charge on any atom is -0.479 e. The predicted molar refractivity (Wildman–Crippen MR) is 123 cm³/mol. The van der Waals surface area contributed by atoms with Gasteiger partial charge in [0.25, 0.3) is 0 Å². The minimum absolute atomic E-state index is 0.0241. The van der Waals surface area contributed by atoms with Crippen molar-refractivity contribution >= 4 is 16.9 Å². The summed E-state index contributed by atoms with van der Waals surface area (Å²) in [5, 5.41) is 13.2. The highest BCUT2D eigenvalue weighted by molar-refractivity contribution is 6.07. The monoisotopic (exact) mass is 425 g/mol. The van der Waals surface area contributed by atoms with E-state index in [9.17, 15) is 0 Å². The van der Waals surface area contributed by atoms with Gasteiger partial charge in [0.05, 0.1) is 17.2 Å². The lowest BCUT2D eigenvalue weighted by atomic mass is 9.99. The van der Waals surface area contributed by atoms with Gasteiger partial charge in [0.2, 0.25) is 0 Å². The summed E-state index contributed by atoms with van der Waals surface area (Å²) in [6.07, 6.45) is 3.95. The molecular weight excluding hydrogens is 402 g/mol. The fourth-order valence-electron chi connectivity index (χ4n) is 4.12. The number of nitriles is 1. The molecule has 160 valence electrons. The van der Waals surface area contributed by atoms with Crippen LogP contribution in [0, 0.1) is 11.3 Å². The average molecular weight is 425 g/mol. The number of hydrogen-bond donors (Lipinski definition) is 2. The van der Waals surface area contributed by atoms with E-state index >= 15 is 0 Å². The average Bonchev–Trinajstić information content (AvgIpc) is 3.50. The van der Waals surface area contributed by atoms with Crippen LogP contribution in [0.3, 0.4) is 0 Å². The molecule has 0 amide bonds. The molecule has 1 unspecified atom stereocenters. The van der Waals surface area contributed by atoms with Crippen molar-refractivity contribution in [3.63, 3.8) is 0 Å². The smallest absolute Gasteiger partial charge is 0.174 e. The van der Waals surface area contributed by atoms with Gasteiger partial charge in [0.1, 0.15) is 29.6 Å². The van der Waals surface area contributed by atoms with Crippen LogP contribution in [0.15, 0.2) is 60.9 Å². The van der Waals surface area contributed by atoms with Gasteiger partial charge in [-0.15, -0.1) is 0 Å². The maximum absolute atomic E-state index is 8.74. The van der Waals surface area contributed by atoms with Crippen LogP contribution in [0.1, 0.15) is 12.8 Å². The van der Waals surface area contributed by atoms with Crippen LogP contribution in [0.2, 0.25) is 0 Å². The van der Waals surface area contributed by atoms with Crippen molar-refractivity contribution in [3.8, 4) is 34.2 Å². The Balaban J connectivity index is 1.59. The van der Waals surface area contributed by atoms with E-state index in [4.69, 9.17) is 14.7 Å². The molecule has 0 radical (unpaired) electrons. The first-order valence-electron chi connectivity index (χ1n) is 10.7. The molecule has 2 N–H and O–H groups in total. The molecule has 7 heteroatoms. The zero-order chi connectivity index (χ0) is 21.8. The van der Waals surface area contributed by atoms with Gasteiger partial charge in [-0.25, -0.2) is 9.97 Å². The summed E-state index contributed by atoms with van der Waals surface area (Å²) in [6.45, 7) is 1.56. The van der Waals surface area contributed by atoms with E-state index in [2.05, 4.69) is 32.4 Å². The van der Waals surface area contributed by atoms with Crippen molar-refractivity contribution < 1.29 is 9.47 Å². The molecule has 7 nitrogen and oxygen atoms in total. The molecule has 32 heavy (non-hydrogen) atoms. The standard InChI is InChI=1S/C25H23N5O2/c26-12-14-32-19-10-8-18(9-11-19)23-21(17-5-2-1-3-6-17)22-24(28-16-29-25(22)30-23)27-15-20-7-4-13-31-20/h1-3,5-6,8-11,16,20H,4,7,13-15H2,(H2,27,28,29,30). The lowest BCUT2D eigenvalue weighted by Crippen LogP contribution is -2.19. The van der Waals surface area contributed by atoms with Gasteiger partial charge >= 0.3 is 0 Å². The predicted octanol–water partition coefficient (Wildman–Crippen LogP) is 4.79. The van der Waals surface area contributed by atoms with Gasteiger partial charge in [-0.2, -0.15) is 5.26 Å². The Labute approximate surface area is 186 Å². The van der Waals surface area contributed by atoms with Gasteiger partial charge in [0.15, 0.2) is 6.61 Å². The molecule has 0 saturated carbocycles. The second-order valence-corrected chi connectivity index (χ2v) is 7.67. The summed E-state index contributed by atoms with van der Waals surface area (Å²) in [4.78, 5) is 12.6. The number of nitrogens with zero attached hydrogens (tertiary/aromatic N) is 3. The van der Waals surface area contributed by atoms with Crippen LogP contribution in [0.25, 0.3) is 33.4 Å². The van der Waals surface area contributed by atoms with Gasteiger partial charge in [-0.05, 0) is 48.2 Å². The van der Waals surface area contributed by atoms with Crippen LogP contribution < -0.4 is 10.1 Å². The van der Waals surface area contributed by atoms with Crippen molar-refractivity contribution in [2.24, 2.45) is 0 Å². The Kier molecular flexibility index (Phi) is 5.69. The van der Waals surface area contributed by atoms with Crippen molar-refractivity contribution in [3.05, 3.63) is 60.9 Å². The summed E-state index contributed by atoms with van der Waals surface area (Å²) in [7, 11) is 0. The normalized spacial score (nSPS) is 15.5. The quantitative estimate of drug-likeness (QED) is 0.442. The fourth-order valence-corrected chi connectivity index (χ4v) is 4.12. The van der Waals surface area contributed by atoms with Gasteiger partial charge in [-0.3, -0.25) is 0 Å². The number of fused-ring (bicyclic) bond motifs is 1. The first-order chi connectivity index (χ1) is 15.8. The Morgan fingerprint density at radius 2 is 1.94 bits per heavy atom. The first kappa shape index (κ1) is 20.0. The fraction of sp³-hybridized carbons (Fsp3) is 0.240. The Hall–Kier alpha value is -3.89. The Bertz CT molecular complexity index is 1240. The number of ether oxygens (including phenoxy) is 2. The maximum Gasteiger partial charge on any atom is 0.174 e. The molecule has 3 heterocycles. The number of rotatable bonds is 7. The lowest BCUT2D eigenvalue weighted by molar-refractivity contribution is 0.120. The molecule has 2 aromatic carbocycles. The highest BCUT2D eigenvalue weighted by Crippen LogP contribution is 2.40. The number of H-pyrrole nitrogens is 1. The second kappa shape index (κ2) is 9.08. The molecule has 0 bridgehead atoms. The van der Waals surface area contributed by atoms with E-state index in [0.717, 1.165) is 58.7 Å². The summed E-state index contributed by atoms with van der Waals surface area (Å²) in [6, 6.07) is 19.9. The van der Waals surface area contributed by atoms with Crippen LogP contribution >= 0.6 is 0 Å². The number of hydrogen-bond acceptors (Lipinski definition) is 6. The van der Waals surface area contributed by atoms with Gasteiger partial charge in [0, 0.05) is 18.7 Å². The third kappa shape index (κ3) is 4.01. The Morgan fingerprint density at radius 3 is 2.69 bits per heavy atom. The largest absolute Gasteiger partial charge is 0.479 e. The third-order valence-electron chi connectivity index (χ3n) is 5.62. The van der Waals surface area contributed by atoms with E-state index in [1.54, 1.807) is 6.33 Å². The highest BCUT2D eigenvalue weighted by atomic mass is 16.5. The van der Waals surface area contributed by atoms with E-state index < -0.39 is 0 Å². The number of benzene rings is 2. The lowest BCUT2D eigenvalue weighted by Gasteiger charge is -2.13. The minimum atomic E-state index is 0.0241. The zero-order valence-corrected chi connectivity index (χ0v) is 17.5. The molecule has 1 aliphatic heterocycles.